The Bertz CT molecular complexity index is 1520. The Balaban J connectivity index is 1.35. The lowest BCUT2D eigenvalue weighted by molar-refractivity contribution is -0.0249. The van der Waals surface area contributed by atoms with Crippen molar-refractivity contribution in [2.75, 3.05) is 26.3 Å². The number of carbonyl (C=O) groups is 1. The summed E-state index contributed by atoms with van der Waals surface area (Å²) >= 11 is 6.11. The van der Waals surface area contributed by atoms with E-state index in [0.29, 0.717) is 21.7 Å². The highest BCUT2D eigenvalue weighted by molar-refractivity contribution is 7.89. The van der Waals surface area contributed by atoms with Crippen molar-refractivity contribution in [2.24, 2.45) is 5.73 Å². The Morgan fingerprint density at radius 2 is 2.06 bits per heavy atom. The van der Waals surface area contributed by atoms with Crippen LogP contribution in [0.5, 0.6) is 5.75 Å². The van der Waals surface area contributed by atoms with E-state index >= 15 is 0 Å². The number of benzene rings is 2. The van der Waals surface area contributed by atoms with Gasteiger partial charge in [-0.15, -0.1) is 0 Å². The van der Waals surface area contributed by atoms with Gasteiger partial charge in [-0.3, -0.25) is 9.78 Å². The molecule has 0 spiro atoms. The van der Waals surface area contributed by atoms with Crippen molar-refractivity contribution in [3.63, 3.8) is 0 Å². The summed E-state index contributed by atoms with van der Waals surface area (Å²) in [4.78, 5) is 19.1. The molecule has 1 aliphatic heterocycles. The van der Waals surface area contributed by atoms with Gasteiger partial charge in [-0.05, 0) is 42.5 Å². The molecule has 0 aliphatic carbocycles. The number of aromatic amines is 1. The lowest BCUT2D eigenvalue weighted by atomic mass is 10.1. The molecule has 2 aromatic carbocycles. The summed E-state index contributed by atoms with van der Waals surface area (Å²) in [5.74, 6) is -0.258. The Labute approximate surface area is 212 Å². The summed E-state index contributed by atoms with van der Waals surface area (Å²) in [6, 6.07) is 17.9. The first-order chi connectivity index (χ1) is 17.3. The summed E-state index contributed by atoms with van der Waals surface area (Å²) in [5, 5.41) is 0.650. The van der Waals surface area contributed by atoms with E-state index in [0.717, 1.165) is 11.3 Å². The molecule has 2 aromatic heterocycles. The molecule has 186 valence electrons. The SMILES string of the molecule is NC(=O)c1[nH]c2ccc(Cl)cc2c1S(=O)(=O)N1CCO[C@H](COc2cccc(-c3ccccn3)c2)C1. The average Bonchev–Trinajstić information content (AvgIpc) is 3.28. The molecule has 1 atom stereocenters. The number of aromatic nitrogens is 2. The molecular weight excluding hydrogens is 504 g/mol. The van der Waals surface area contributed by atoms with E-state index in [-0.39, 0.29) is 36.9 Å². The molecule has 1 amide bonds. The molecule has 11 heteroatoms. The molecular formula is C25H23ClN4O5S. The van der Waals surface area contributed by atoms with Crippen LogP contribution in [-0.2, 0) is 14.8 Å². The number of pyridine rings is 1. The van der Waals surface area contributed by atoms with E-state index < -0.39 is 22.0 Å². The second-order valence-electron chi connectivity index (χ2n) is 8.29. The van der Waals surface area contributed by atoms with Gasteiger partial charge >= 0.3 is 0 Å². The minimum Gasteiger partial charge on any atom is -0.491 e. The third-order valence-corrected chi connectivity index (χ3v) is 8.08. The summed E-state index contributed by atoms with van der Waals surface area (Å²) in [5.41, 5.74) is 7.49. The molecule has 36 heavy (non-hydrogen) atoms. The maximum atomic E-state index is 13.7. The van der Waals surface area contributed by atoms with Gasteiger partial charge in [-0.1, -0.05) is 29.8 Å². The van der Waals surface area contributed by atoms with Gasteiger partial charge in [0, 0.05) is 40.8 Å². The fourth-order valence-electron chi connectivity index (χ4n) is 4.19. The summed E-state index contributed by atoms with van der Waals surface area (Å²) < 4.78 is 40.3. The number of halogens is 1. The normalized spacial score (nSPS) is 16.8. The van der Waals surface area contributed by atoms with Gasteiger partial charge in [0.05, 0.1) is 12.3 Å². The maximum Gasteiger partial charge on any atom is 0.266 e. The Morgan fingerprint density at radius 1 is 1.19 bits per heavy atom. The molecule has 5 rings (SSSR count). The number of primary amides is 1. The van der Waals surface area contributed by atoms with Crippen molar-refractivity contribution in [1.82, 2.24) is 14.3 Å². The van der Waals surface area contributed by atoms with Gasteiger partial charge in [0.25, 0.3) is 5.91 Å². The van der Waals surface area contributed by atoms with Crippen LogP contribution >= 0.6 is 11.6 Å². The van der Waals surface area contributed by atoms with Crippen molar-refractivity contribution in [3.05, 3.63) is 77.6 Å². The first-order valence-electron chi connectivity index (χ1n) is 11.2. The zero-order valence-electron chi connectivity index (χ0n) is 19.1. The third-order valence-electron chi connectivity index (χ3n) is 5.89. The van der Waals surface area contributed by atoms with Crippen molar-refractivity contribution in [1.29, 1.82) is 0 Å². The third kappa shape index (κ3) is 4.80. The molecule has 1 saturated heterocycles. The molecule has 1 fully saturated rings. The van der Waals surface area contributed by atoms with Crippen molar-refractivity contribution >= 4 is 38.4 Å². The lowest BCUT2D eigenvalue weighted by Gasteiger charge is -2.32. The van der Waals surface area contributed by atoms with Crippen LogP contribution < -0.4 is 10.5 Å². The number of rotatable bonds is 7. The molecule has 0 bridgehead atoms. The predicted molar refractivity (Wildman–Crippen MR) is 135 cm³/mol. The van der Waals surface area contributed by atoms with Crippen LogP contribution in [0, 0.1) is 0 Å². The van der Waals surface area contributed by atoms with Gasteiger partial charge in [0.2, 0.25) is 10.0 Å². The van der Waals surface area contributed by atoms with E-state index in [4.69, 9.17) is 26.8 Å². The molecule has 3 heterocycles. The minimum atomic E-state index is -4.10. The molecule has 4 aromatic rings. The second kappa shape index (κ2) is 9.90. The number of hydrogen-bond acceptors (Lipinski definition) is 6. The molecule has 0 saturated carbocycles. The monoisotopic (exact) mass is 526 g/mol. The van der Waals surface area contributed by atoms with Crippen LogP contribution in [0.1, 0.15) is 10.5 Å². The number of sulfonamides is 1. The van der Waals surface area contributed by atoms with Gasteiger partial charge in [-0.2, -0.15) is 4.31 Å². The van der Waals surface area contributed by atoms with Gasteiger partial charge in [0.15, 0.2) is 0 Å². The van der Waals surface area contributed by atoms with Crippen molar-refractivity contribution in [3.8, 4) is 17.0 Å². The number of hydrogen-bond donors (Lipinski definition) is 2. The van der Waals surface area contributed by atoms with E-state index in [1.54, 1.807) is 18.3 Å². The number of morpholine rings is 1. The highest BCUT2D eigenvalue weighted by atomic mass is 35.5. The standard InChI is InChI=1S/C25H23ClN4O5S/c26-17-7-8-22-20(13-17)24(23(29-22)25(27)31)36(32,33)30-10-11-34-19(14-30)15-35-18-5-3-4-16(12-18)21-6-1-2-9-28-21/h1-9,12-13,19,29H,10-11,14-15H2,(H2,27,31)/t19-/m0/s1. The highest BCUT2D eigenvalue weighted by Crippen LogP contribution is 2.32. The lowest BCUT2D eigenvalue weighted by Crippen LogP contribution is -2.47. The van der Waals surface area contributed by atoms with E-state index in [9.17, 15) is 13.2 Å². The van der Waals surface area contributed by atoms with Gasteiger partial charge < -0.3 is 20.2 Å². The number of nitrogens with zero attached hydrogens (tertiary/aromatic N) is 2. The fourth-order valence-corrected chi connectivity index (χ4v) is 6.15. The summed E-state index contributed by atoms with van der Waals surface area (Å²) in [7, 11) is -4.10. The molecule has 1 aliphatic rings. The summed E-state index contributed by atoms with van der Waals surface area (Å²) in [6.45, 7) is 0.490. The highest BCUT2D eigenvalue weighted by Gasteiger charge is 2.36. The van der Waals surface area contributed by atoms with Crippen LogP contribution in [0.4, 0.5) is 0 Å². The van der Waals surface area contributed by atoms with Crippen LogP contribution in [0.3, 0.4) is 0 Å². The maximum absolute atomic E-state index is 13.7. The summed E-state index contributed by atoms with van der Waals surface area (Å²) in [6.07, 6.45) is 1.21. The average molecular weight is 527 g/mol. The molecule has 9 nitrogen and oxygen atoms in total. The van der Waals surface area contributed by atoms with E-state index in [2.05, 4.69) is 9.97 Å². The van der Waals surface area contributed by atoms with E-state index in [1.807, 2.05) is 42.5 Å². The van der Waals surface area contributed by atoms with Crippen LogP contribution in [-0.4, -0.2) is 61.0 Å². The number of ether oxygens (including phenoxy) is 2. The molecule has 0 radical (unpaired) electrons. The topological polar surface area (TPSA) is 128 Å². The second-order valence-corrected chi connectivity index (χ2v) is 10.6. The number of amides is 1. The predicted octanol–water partition coefficient (Wildman–Crippen LogP) is 3.45. The number of nitrogens with two attached hydrogens (primary N) is 1. The van der Waals surface area contributed by atoms with Crippen LogP contribution in [0.15, 0.2) is 71.8 Å². The smallest absolute Gasteiger partial charge is 0.266 e. The first kappa shape index (κ1) is 24.3. The number of carbonyl (C=O) groups excluding carboxylic acids is 1. The number of fused-ring (bicyclic) bond motifs is 1. The number of H-pyrrole nitrogens is 1. The number of nitrogens with one attached hydrogen (secondary N) is 1. The molecule has 0 unspecified atom stereocenters. The zero-order valence-corrected chi connectivity index (χ0v) is 20.6. The van der Waals surface area contributed by atoms with Crippen molar-refractivity contribution in [2.45, 2.75) is 11.0 Å². The Hall–Kier alpha value is -3.44. The Kier molecular flexibility index (Phi) is 6.67. The minimum absolute atomic E-state index is 0.0493. The zero-order chi connectivity index (χ0) is 25.3. The van der Waals surface area contributed by atoms with E-state index in [1.165, 1.54) is 10.4 Å². The van der Waals surface area contributed by atoms with Crippen LogP contribution in [0.25, 0.3) is 22.2 Å². The largest absolute Gasteiger partial charge is 0.491 e. The first-order valence-corrected chi connectivity index (χ1v) is 13.0. The quantitative estimate of drug-likeness (QED) is 0.379. The van der Waals surface area contributed by atoms with Gasteiger partial charge in [-0.25, -0.2) is 8.42 Å². The Morgan fingerprint density at radius 3 is 2.83 bits per heavy atom. The van der Waals surface area contributed by atoms with Crippen molar-refractivity contribution < 1.29 is 22.7 Å². The van der Waals surface area contributed by atoms with Crippen LogP contribution in [0.2, 0.25) is 5.02 Å². The fraction of sp³-hybridized carbons (Fsp3) is 0.200. The molecule has 3 N–H and O–H groups in total. The van der Waals surface area contributed by atoms with Gasteiger partial charge in [0.1, 0.15) is 29.0 Å².